The van der Waals surface area contributed by atoms with Crippen LogP contribution in [-0.2, 0) is 52.3 Å². The molecule has 0 aromatic rings. The number of esters is 2. The van der Waals surface area contributed by atoms with Gasteiger partial charge in [-0.05, 0) is 33.1 Å². The van der Waals surface area contributed by atoms with Crippen molar-refractivity contribution in [1.29, 1.82) is 0 Å². The van der Waals surface area contributed by atoms with Crippen molar-refractivity contribution in [3.8, 4) is 0 Å². The van der Waals surface area contributed by atoms with Crippen LogP contribution < -0.4 is 16.1 Å². The summed E-state index contributed by atoms with van der Waals surface area (Å²) in [5, 5.41) is 106. The van der Waals surface area contributed by atoms with Crippen LogP contribution in [0.1, 0.15) is 79.1 Å². The van der Waals surface area contributed by atoms with Crippen LogP contribution in [-0.4, -0.2) is 207 Å². The first-order valence-electron chi connectivity index (χ1n) is 27.7. The van der Waals surface area contributed by atoms with E-state index in [9.17, 15) is 69.9 Å². The summed E-state index contributed by atoms with van der Waals surface area (Å²) in [5.41, 5.74) is 2.00. The van der Waals surface area contributed by atoms with Crippen molar-refractivity contribution in [2.75, 3.05) is 26.9 Å². The zero-order valence-corrected chi connectivity index (χ0v) is 48.1. The third kappa shape index (κ3) is 26.4. The van der Waals surface area contributed by atoms with Gasteiger partial charge in [0.15, 0.2) is 18.7 Å². The van der Waals surface area contributed by atoms with Crippen LogP contribution in [0.5, 0.6) is 0 Å². The Labute approximate surface area is 489 Å². The SMILES string of the molecule is C=CCOC(=O)N[C@@H]1[C@H](O)[C@H](O[C@H]2/C=C/C=C/C=C/C=C/C=C/C=C/C=C/[C@H](C)[C@@H](O)[C@@H](C)[C@H](C)OC(=O)C[C@H](O)C[C@H](O)CC[C@@H](O)[C@H](O)C[C@H](O)C[C@]3(O)C[C@H](OC(=O)OCC=C)[C@@H](NC(=O)NOCC(=O)OC)[C@H](C2)O3)O[C@H](C)[C@H]1O. The Kier molecular flexibility index (Phi) is 32.7. The molecule has 0 radical (unpaired) electrons. The second-order valence-electron chi connectivity index (χ2n) is 20.6. The van der Waals surface area contributed by atoms with E-state index < -0.39 is 178 Å². The van der Waals surface area contributed by atoms with Crippen LogP contribution in [0, 0.1) is 11.8 Å². The molecule has 2 saturated heterocycles. The molecule has 3 aliphatic heterocycles. The lowest BCUT2D eigenvalue weighted by Gasteiger charge is -2.47. The number of amides is 3. The maximum Gasteiger partial charge on any atom is 0.508 e. The molecule has 0 unspecified atom stereocenters. The largest absolute Gasteiger partial charge is 0.508 e. The molecular weight excluding hydrogens is 1110 g/mol. The number of methoxy groups -OCH3 is 1. The van der Waals surface area contributed by atoms with Gasteiger partial charge in [-0.15, -0.1) is 0 Å². The van der Waals surface area contributed by atoms with Crippen LogP contribution in [0.15, 0.2) is 110 Å². The highest BCUT2D eigenvalue weighted by Crippen LogP contribution is 2.37. The van der Waals surface area contributed by atoms with Crippen LogP contribution >= 0.6 is 0 Å². The number of rotatable bonds is 12. The highest BCUT2D eigenvalue weighted by molar-refractivity contribution is 5.74. The first-order chi connectivity index (χ1) is 39.9. The van der Waals surface area contributed by atoms with E-state index in [0.717, 1.165) is 7.11 Å². The zero-order chi connectivity index (χ0) is 62.4. The molecule has 12 N–H and O–H groups in total. The van der Waals surface area contributed by atoms with Gasteiger partial charge in [0.25, 0.3) is 0 Å². The van der Waals surface area contributed by atoms with Gasteiger partial charge in [0, 0.05) is 37.5 Å². The fourth-order valence-electron chi connectivity index (χ4n) is 9.06. The van der Waals surface area contributed by atoms with Gasteiger partial charge in [-0.25, -0.2) is 24.7 Å². The van der Waals surface area contributed by atoms with Crippen molar-refractivity contribution in [1.82, 2.24) is 16.1 Å². The van der Waals surface area contributed by atoms with E-state index in [1.54, 1.807) is 86.8 Å². The molecule has 0 aromatic heterocycles. The molecule has 2 fully saturated rings. The fraction of sp³-hybridized carbons (Fsp3) is 0.603. The second kappa shape index (κ2) is 38.0. The van der Waals surface area contributed by atoms with Crippen LogP contribution in [0.3, 0.4) is 0 Å². The van der Waals surface area contributed by atoms with Gasteiger partial charge in [-0.3, -0.25) is 9.63 Å². The first kappa shape index (κ1) is 72.2. The molecule has 3 aliphatic rings. The normalized spacial score (nSPS) is 37.3. The van der Waals surface area contributed by atoms with Crippen LogP contribution in [0.25, 0.3) is 0 Å². The average Bonchev–Trinajstić information content (AvgIpc) is 2.10. The summed E-state index contributed by atoms with van der Waals surface area (Å²) in [6, 6.07) is -4.06. The molecule has 0 aliphatic carbocycles. The maximum absolute atomic E-state index is 13.5. The van der Waals surface area contributed by atoms with Crippen LogP contribution in [0.4, 0.5) is 14.4 Å². The number of cyclic esters (lactones) is 1. The monoisotopic (exact) mass is 1190 g/mol. The highest BCUT2D eigenvalue weighted by atomic mass is 16.7. The Morgan fingerprint density at radius 3 is 1.92 bits per heavy atom. The highest BCUT2D eigenvalue weighted by Gasteiger charge is 2.51. The van der Waals surface area contributed by atoms with Crippen molar-refractivity contribution >= 4 is 30.2 Å². The van der Waals surface area contributed by atoms with Gasteiger partial charge >= 0.3 is 30.2 Å². The average molecular weight is 1190 g/mol. The predicted molar refractivity (Wildman–Crippen MR) is 300 cm³/mol. The van der Waals surface area contributed by atoms with E-state index in [1.165, 1.54) is 31.2 Å². The summed E-state index contributed by atoms with van der Waals surface area (Å²) >= 11 is 0. The van der Waals surface area contributed by atoms with Gasteiger partial charge in [-0.1, -0.05) is 124 Å². The minimum absolute atomic E-state index is 0.175. The summed E-state index contributed by atoms with van der Waals surface area (Å²) in [5.74, 6) is -4.96. The Balaban J connectivity index is 2.12. The van der Waals surface area contributed by atoms with Gasteiger partial charge in [0.05, 0.1) is 80.5 Å². The number of hydrogen-bond acceptors (Lipinski definition) is 23. The van der Waals surface area contributed by atoms with Gasteiger partial charge in [0.1, 0.15) is 37.6 Å². The summed E-state index contributed by atoms with van der Waals surface area (Å²) in [6.45, 7) is 12.3. The predicted octanol–water partition coefficient (Wildman–Crippen LogP) is 2.08. The lowest BCUT2D eigenvalue weighted by Crippen LogP contribution is -2.65. The van der Waals surface area contributed by atoms with E-state index in [1.807, 2.05) is 12.4 Å². The van der Waals surface area contributed by atoms with Gasteiger partial charge in [-0.2, -0.15) is 0 Å². The number of carbonyl (C=O) groups is 5. The summed E-state index contributed by atoms with van der Waals surface area (Å²) in [7, 11) is 1.08. The van der Waals surface area contributed by atoms with Crippen molar-refractivity contribution < 1.29 is 113 Å². The quantitative estimate of drug-likeness (QED) is 0.0576. The van der Waals surface area contributed by atoms with Crippen molar-refractivity contribution in [3.63, 3.8) is 0 Å². The smallest absolute Gasteiger partial charge is 0.467 e. The molecule has 3 amide bonds. The number of urea groups is 1. The summed E-state index contributed by atoms with van der Waals surface area (Å²) in [6.07, 6.45) is 0.702. The molecule has 2 bridgehead atoms. The minimum Gasteiger partial charge on any atom is -0.467 e. The number of aliphatic hydroxyl groups excluding tert-OH is 8. The van der Waals surface area contributed by atoms with Crippen molar-refractivity contribution in [2.24, 2.45) is 11.8 Å². The Bertz CT molecular complexity index is 2270. The van der Waals surface area contributed by atoms with E-state index >= 15 is 0 Å². The third-order valence-electron chi connectivity index (χ3n) is 13.7. The number of allylic oxidation sites excluding steroid dienone is 12. The number of ether oxygens (including phenoxy) is 8. The molecule has 0 saturated carbocycles. The summed E-state index contributed by atoms with van der Waals surface area (Å²) in [4.78, 5) is 68.8. The number of nitrogens with one attached hydrogen (secondary N) is 3. The Hall–Kier alpha value is -6.11. The van der Waals surface area contributed by atoms with E-state index in [-0.39, 0.29) is 38.4 Å². The molecule has 3 rings (SSSR count). The Morgan fingerprint density at radius 2 is 1.30 bits per heavy atom. The first-order valence-corrected chi connectivity index (χ1v) is 27.7. The molecule has 3 heterocycles. The molecule has 472 valence electrons. The van der Waals surface area contributed by atoms with E-state index in [4.69, 9.17) is 38.0 Å². The van der Waals surface area contributed by atoms with E-state index in [2.05, 4.69) is 28.5 Å². The lowest BCUT2D eigenvalue weighted by atomic mass is 9.86. The number of aliphatic hydroxyl groups is 9. The molecule has 26 heteroatoms. The molecular formula is C58H87N3O23. The lowest BCUT2D eigenvalue weighted by molar-refractivity contribution is -0.303. The minimum atomic E-state index is -2.51. The number of fused-ring (bicyclic) bond motifs is 2. The van der Waals surface area contributed by atoms with Gasteiger partial charge < -0.3 is 94.5 Å². The summed E-state index contributed by atoms with van der Waals surface area (Å²) < 4.78 is 44.4. The zero-order valence-electron chi connectivity index (χ0n) is 48.1. The maximum atomic E-state index is 13.5. The van der Waals surface area contributed by atoms with E-state index in [0.29, 0.717) is 0 Å². The fourth-order valence-corrected chi connectivity index (χ4v) is 9.06. The van der Waals surface area contributed by atoms with Crippen molar-refractivity contribution in [2.45, 2.75) is 183 Å². The third-order valence-corrected chi connectivity index (χ3v) is 13.7. The number of carbonyl (C=O) groups excluding carboxylic acids is 5. The topological polar surface area (TPSA) is 387 Å². The molecule has 84 heavy (non-hydrogen) atoms. The number of hydroxylamine groups is 1. The number of hydrogen-bond donors (Lipinski definition) is 12. The Morgan fingerprint density at radius 1 is 0.690 bits per heavy atom. The standard InChI is InChI=1S/C58H87N3O23/c1-8-26-77-56(73)60-50-52(70)38(6)81-54(53(50)71)82-42-23-21-19-17-15-13-11-10-12-14-16-18-20-22-35(3)51(69)36(4)37(5)80-47(67)30-40(63)28-39(62)24-25-43(65)44(66)29-41(64)32-58(75)33-46(83-57(74)78-27-9-2)49(45(31-42)84-58)59-55(72)61-79-34-48(68)76-7/h8-23,35-46,49-54,62-66,69-71,75H,1-2,24-34H2,3-7H3,(H,60,73)(H2,59,61,72)/b11-10+,14-12+,15-13+,18-16+,19-17+,22-20+,23-21+/t35-,36-,37-,38+,39+,40+,41-,42-,43+,44+,45-,46-,49-,50-,51+,52+,53-,54-,58+/m0/s1. The molecule has 19 atom stereocenters. The second-order valence-corrected chi connectivity index (χ2v) is 20.6. The van der Waals surface area contributed by atoms with Crippen molar-refractivity contribution in [3.05, 3.63) is 110 Å². The van der Waals surface area contributed by atoms with Crippen LogP contribution in [0.2, 0.25) is 0 Å². The number of alkyl carbamates (subject to hydrolysis) is 1. The van der Waals surface area contributed by atoms with Gasteiger partial charge in [0.2, 0.25) is 0 Å². The molecule has 0 spiro atoms. The molecule has 0 aromatic carbocycles. The molecule has 26 nitrogen and oxygen atoms in total.